The summed E-state index contributed by atoms with van der Waals surface area (Å²) in [4.78, 5) is 24.8. The van der Waals surface area contributed by atoms with E-state index in [9.17, 15) is 9.59 Å². The number of rotatable bonds is 8. The molecule has 8 nitrogen and oxygen atoms in total. The summed E-state index contributed by atoms with van der Waals surface area (Å²) in [6.45, 7) is 0.469. The summed E-state index contributed by atoms with van der Waals surface area (Å²) in [6.07, 6.45) is 1.34. The van der Waals surface area contributed by atoms with Gasteiger partial charge >= 0.3 is 0 Å². The van der Waals surface area contributed by atoms with E-state index in [1.54, 1.807) is 0 Å². The molecule has 0 radical (unpaired) electrons. The number of anilines is 1. The zero-order valence-corrected chi connectivity index (χ0v) is 10.9. The molecule has 0 spiro atoms. The van der Waals surface area contributed by atoms with E-state index in [0.29, 0.717) is 19.0 Å². The second kappa shape index (κ2) is 8.22. The van der Waals surface area contributed by atoms with Crippen molar-refractivity contribution >= 4 is 17.6 Å². The minimum atomic E-state index is -0.366. The minimum absolute atomic E-state index is 0.0824. The van der Waals surface area contributed by atoms with Crippen LogP contribution >= 0.6 is 0 Å². The summed E-state index contributed by atoms with van der Waals surface area (Å²) >= 11 is 0. The quantitative estimate of drug-likeness (QED) is 0.699. The molecule has 0 atom stereocenters. The fourth-order valence-corrected chi connectivity index (χ4v) is 1.34. The lowest BCUT2D eigenvalue weighted by atomic mass is 10.4. The van der Waals surface area contributed by atoms with Gasteiger partial charge in [0.25, 0.3) is 0 Å². The van der Waals surface area contributed by atoms with Gasteiger partial charge in [0.2, 0.25) is 11.8 Å². The SMILES string of the molecule is COCCN(CC(=O)Nc1ccon1)C(=O)COC. The molecule has 0 bridgehead atoms. The number of aromatic nitrogens is 1. The maximum Gasteiger partial charge on any atom is 0.249 e. The Morgan fingerprint density at radius 2 is 2.21 bits per heavy atom. The molecule has 0 saturated heterocycles. The van der Waals surface area contributed by atoms with Crippen molar-refractivity contribution in [3.05, 3.63) is 12.3 Å². The summed E-state index contributed by atoms with van der Waals surface area (Å²) < 4.78 is 14.2. The third-order valence-corrected chi connectivity index (χ3v) is 2.23. The molecule has 0 aliphatic carbocycles. The van der Waals surface area contributed by atoms with Crippen molar-refractivity contribution in [3.8, 4) is 0 Å². The molecule has 0 aliphatic heterocycles. The van der Waals surface area contributed by atoms with Crippen LogP contribution in [0.3, 0.4) is 0 Å². The van der Waals surface area contributed by atoms with Crippen LogP contribution in [-0.4, -0.2) is 62.4 Å². The molecule has 0 aliphatic rings. The number of nitrogens with zero attached hydrogens (tertiary/aromatic N) is 2. The number of nitrogens with one attached hydrogen (secondary N) is 1. The van der Waals surface area contributed by atoms with E-state index in [-0.39, 0.29) is 25.0 Å². The smallest absolute Gasteiger partial charge is 0.249 e. The maximum atomic E-state index is 11.7. The molecule has 1 N–H and O–H groups in total. The molecule has 106 valence electrons. The third-order valence-electron chi connectivity index (χ3n) is 2.23. The maximum absolute atomic E-state index is 11.7. The van der Waals surface area contributed by atoms with E-state index in [0.717, 1.165) is 0 Å². The lowest BCUT2D eigenvalue weighted by Crippen LogP contribution is -2.41. The van der Waals surface area contributed by atoms with Crippen molar-refractivity contribution in [1.29, 1.82) is 0 Å². The average Bonchev–Trinajstić information content (AvgIpc) is 2.87. The van der Waals surface area contributed by atoms with Crippen molar-refractivity contribution in [3.63, 3.8) is 0 Å². The largest absolute Gasteiger partial charge is 0.383 e. The number of carbonyl (C=O) groups is 2. The van der Waals surface area contributed by atoms with Crippen LogP contribution < -0.4 is 5.32 Å². The molecule has 1 heterocycles. The fourth-order valence-electron chi connectivity index (χ4n) is 1.34. The minimum Gasteiger partial charge on any atom is -0.383 e. The van der Waals surface area contributed by atoms with Gasteiger partial charge in [-0.25, -0.2) is 0 Å². The van der Waals surface area contributed by atoms with E-state index in [4.69, 9.17) is 9.47 Å². The van der Waals surface area contributed by atoms with Gasteiger partial charge in [-0.1, -0.05) is 5.16 Å². The number of amides is 2. The van der Waals surface area contributed by atoms with E-state index >= 15 is 0 Å². The summed E-state index contributed by atoms with van der Waals surface area (Å²) in [5.74, 6) is -0.347. The Hall–Kier alpha value is -1.93. The molecule has 8 heteroatoms. The van der Waals surface area contributed by atoms with Crippen LogP contribution in [0, 0.1) is 0 Å². The highest BCUT2D eigenvalue weighted by Gasteiger charge is 2.17. The van der Waals surface area contributed by atoms with Crippen molar-refractivity contribution in [2.45, 2.75) is 0 Å². The number of hydrogen-bond donors (Lipinski definition) is 1. The molecule has 0 unspecified atom stereocenters. The zero-order chi connectivity index (χ0) is 14.1. The number of ether oxygens (including phenoxy) is 2. The topological polar surface area (TPSA) is 93.9 Å². The van der Waals surface area contributed by atoms with Gasteiger partial charge in [0.1, 0.15) is 19.4 Å². The van der Waals surface area contributed by atoms with Gasteiger partial charge in [0, 0.05) is 26.8 Å². The monoisotopic (exact) mass is 271 g/mol. The number of methoxy groups -OCH3 is 2. The van der Waals surface area contributed by atoms with Crippen molar-refractivity contribution in [2.75, 3.05) is 45.8 Å². The van der Waals surface area contributed by atoms with E-state index in [1.165, 1.54) is 31.4 Å². The molecule has 1 aromatic heterocycles. The molecule has 0 aromatic carbocycles. The molecular weight excluding hydrogens is 254 g/mol. The van der Waals surface area contributed by atoms with Gasteiger partial charge in [-0.2, -0.15) is 0 Å². The predicted octanol–water partition coefficient (Wildman–Crippen LogP) is -0.265. The number of hydrogen-bond acceptors (Lipinski definition) is 6. The highest BCUT2D eigenvalue weighted by atomic mass is 16.5. The Kier molecular flexibility index (Phi) is 6.55. The van der Waals surface area contributed by atoms with E-state index in [1.807, 2.05) is 0 Å². The van der Waals surface area contributed by atoms with E-state index in [2.05, 4.69) is 15.0 Å². The molecule has 1 aromatic rings. The molecule has 0 saturated carbocycles. The van der Waals surface area contributed by atoms with Crippen LogP contribution in [0.1, 0.15) is 0 Å². The van der Waals surface area contributed by atoms with Gasteiger partial charge in [-0.3, -0.25) is 9.59 Å². The van der Waals surface area contributed by atoms with Crippen LogP contribution in [0.25, 0.3) is 0 Å². The molecular formula is C11H17N3O5. The second-order valence-corrected chi connectivity index (χ2v) is 3.67. The lowest BCUT2D eigenvalue weighted by molar-refractivity contribution is -0.138. The zero-order valence-electron chi connectivity index (χ0n) is 10.9. The normalized spacial score (nSPS) is 10.2. The molecule has 0 fully saturated rings. The average molecular weight is 271 g/mol. The first-order valence-electron chi connectivity index (χ1n) is 5.63. The van der Waals surface area contributed by atoms with Crippen LogP contribution in [-0.2, 0) is 19.1 Å². The molecule has 2 amide bonds. The predicted molar refractivity (Wildman–Crippen MR) is 65.5 cm³/mol. The first-order chi connectivity index (χ1) is 9.17. The van der Waals surface area contributed by atoms with Crippen LogP contribution in [0.15, 0.2) is 16.9 Å². The van der Waals surface area contributed by atoms with Crippen LogP contribution in [0.4, 0.5) is 5.82 Å². The van der Waals surface area contributed by atoms with Crippen molar-refractivity contribution in [2.24, 2.45) is 0 Å². The van der Waals surface area contributed by atoms with Gasteiger partial charge < -0.3 is 24.2 Å². The van der Waals surface area contributed by atoms with E-state index < -0.39 is 0 Å². The Morgan fingerprint density at radius 1 is 1.42 bits per heavy atom. The summed E-state index contributed by atoms with van der Waals surface area (Å²) in [7, 11) is 2.94. The summed E-state index contributed by atoms with van der Waals surface area (Å²) in [6, 6.07) is 1.51. The Labute approximate surface area is 110 Å². The van der Waals surface area contributed by atoms with Crippen LogP contribution in [0.2, 0.25) is 0 Å². The third kappa shape index (κ3) is 5.49. The van der Waals surface area contributed by atoms with Gasteiger partial charge in [-0.05, 0) is 0 Å². The van der Waals surface area contributed by atoms with Crippen LogP contribution in [0.5, 0.6) is 0 Å². The summed E-state index contributed by atoms with van der Waals surface area (Å²) in [5.41, 5.74) is 0. The first kappa shape index (κ1) is 15.1. The second-order valence-electron chi connectivity index (χ2n) is 3.67. The van der Waals surface area contributed by atoms with Gasteiger partial charge in [0.15, 0.2) is 5.82 Å². The Bertz CT molecular complexity index is 393. The number of carbonyl (C=O) groups excluding carboxylic acids is 2. The van der Waals surface area contributed by atoms with Gasteiger partial charge in [-0.15, -0.1) is 0 Å². The lowest BCUT2D eigenvalue weighted by Gasteiger charge is -2.21. The first-order valence-corrected chi connectivity index (χ1v) is 5.63. The highest BCUT2D eigenvalue weighted by molar-refractivity contribution is 5.93. The van der Waals surface area contributed by atoms with Crippen molar-refractivity contribution < 1.29 is 23.6 Å². The molecule has 19 heavy (non-hydrogen) atoms. The standard InChI is InChI=1S/C11H17N3O5/c1-17-6-4-14(11(16)8-18-2)7-10(15)12-9-3-5-19-13-9/h3,5H,4,6-8H2,1-2H3,(H,12,13,15). The summed E-state index contributed by atoms with van der Waals surface area (Å²) in [5, 5.41) is 6.05. The highest BCUT2D eigenvalue weighted by Crippen LogP contribution is 2.01. The molecule has 1 rings (SSSR count). The van der Waals surface area contributed by atoms with Crippen molar-refractivity contribution in [1.82, 2.24) is 10.1 Å². The Balaban J connectivity index is 2.50. The Morgan fingerprint density at radius 3 is 2.79 bits per heavy atom. The fraction of sp³-hybridized carbons (Fsp3) is 0.545. The van der Waals surface area contributed by atoms with Gasteiger partial charge in [0.05, 0.1) is 6.61 Å².